The van der Waals surface area contributed by atoms with Gasteiger partial charge < -0.3 is 15.4 Å². The van der Waals surface area contributed by atoms with Gasteiger partial charge in [0.05, 0.1) is 18.8 Å². The van der Waals surface area contributed by atoms with Crippen molar-refractivity contribution in [3.05, 3.63) is 24.3 Å². The molecule has 0 radical (unpaired) electrons. The van der Waals surface area contributed by atoms with Crippen molar-refractivity contribution in [1.82, 2.24) is 5.32 Å². The number of rotatable bonds is 8. The molecule has 4 nitrogen and oxygen atoms in total. The minimum absolute atomic E-state index is 0.0483. The van der Waals surface area contributed by atoms with Crippen LogP contribution in [0, 0.1) is 0 Å². The topological polar surface area (TPSA) is 50.4 Å². The molecule has 1 unspecified atom stereocenters. The Hall–Kier alpha value is -1.55. The largest absolute Gasteiger partial charge is 0.491 e. The van der Waals surface area contributed by atoms with Gasteiger partial charge in [-0.05, 0) is 31.9 Å². The molecule has 2 N–H and O–H groups in total. The molecule has 1 aromatic carbocycles. The maximum Gasteiger partial charge on any atom is 0.238 e. The Bertz CT molecular complexity index is 393. The zero-order valence-electron chi connectivity index (χ0n) is 12.0. The molecule has 0 fully saturated rings. The Morgan fingerprint density at radius 1 is 1.32 bits per heavy atom. The fraction of sp³-hybridized carbons (Fsp3) is 0.533. The average molecular weight is 264 g/mol. The molecule has 1 aromatic rings. The molecule has 19 heavy (non-hydrogen) atoms. The van der Waals surface area contributed by atoms with Crippen LogP contribution in [0.25, 0.3) is 0 Å². The van der Waals surface area contributed by atoms with Gasteiger partial charge in [0.15, 0.2) is 0 Å². The van der Waals surface area contributed by atoms with Gasteiger partial charge in [-0.15, -0.1) is 0 Å². The molecule has 0 saturated heterocycles. The molecule has 0 aliphatic carbocycles. The fourth-order valence-electron chi connectivity index (χ4n) is 1.51. The zero-order chi connectivity index (χ0) is 14.1. The van der Waals surface area contributed by atoms with E-state index in [1.165, 1.54) is 0 Å². The van der Waals surface area contributed by atoms with E-state index in [0.29, 0.717) is 19.2 Å². The second-order valence-electron chi connectivity index (χ2n) is 4.58. The summed E-state index contributed by atoms with van der Waals surface area (Å²) in [6, 6.07) is 7.85. The molecule has 0 heterocycles. The molecule has 0 aliphatic heterocycles. The molecule has 106 valence electrons. The second kappa shape index (κ2) is 8.53. The van der Waals surface area contributed by atoms with E-state index < -0.39 is 0 Å². The number of hydrogen-bond donors (Lipinski definition) is 2. The van der Waals surface area contributed by atoms with E-state index in [9.17, 15) is 4.79 Å². The highest BCUT2D eigenvalue weighted by Crippen LogP contribution is 2.23. The van der Waals surface area contributed by atoms with Gasteiger partial charge in [0, 0.05) is 6.04 Å². The third kappa shape index (κ3) is 5.75. The average Bonchev–Trinajstić information content (AvgIpc) is 2.43. The van der Waals surface area contributed by atoms with Crippen LogP contribution in [0.2, 0.25) is 0 Å². The standard InChI is InChI=1S/C15H24N2O2/c1-4-10-19-14-9-7-6-8-13(14)17-15(18)11-16-12(3)5-2/h6-9,12,16H,4-5,10-11H2,1-3H3,(H,17,18). The van der Waals surface area contributed by atoms with Gasteiger partial charge >= 0.3 is 0 Å². The summed E-state index contributed by atoms with van der Waals surface area (Å²) in [5.74, 6) is 0.675. The lowest BCUT2D eigenvalue weighted by atomic mass is 10.2. The monoisotopic (exact) mass is 264 g/mol. The predicted molar refractivity (Wildman–Crippen MR) is 78.6 cm³/mol. The van der Waals surface area contributed by atoms with Crippen molar-refractivity contribution in [2.45, 2.75) is 39.7 Å². The Balaban J connectivity index is 2.53. The third-order valence-corrected chi connectivity index (χ3v) is 2.85. The van der Waals surface area contributed by atoms with E-state index in [1.807, 2.05) is 24.3 Å². The predicted octanol–water partition coefficient (Wildman–Crippen LogP) is 2.80. The lowest BCUT2D eigenvalue weighted by Gasteiger charge is -2.14. The van der Waals surface area contributed by atoms with Crippen LogP contribution < -0.4 is 15.4 Å². The van der Waals surface area contributed by atoms with E-state index in [-0.39, 0.29) is 5.91 Å². The minimum atomic E-state index is -0.0483. The first kappa shape index (κ1) is 15.5. The highest BCUT2D eigenvalue weighted by Gasteiger charge is 2.08. The Morgan fingerprint density at radius 3 is 2.74 bits per heavy atom. The number of nitrogens with one attached hydrogen (secondary N) is 2. The maximum absolute atomic E-state index is 11.8. The minimum Gasteiger partial charge on any atom is -0.491 e. The van der Waals surface area contributed by atoms with Crippen molar-refractivity contribution in [2.24, 2.45) is 0 Å². The van der Waals surface area contributed by atoms with Crippen LogP contribution >= 0.6 is 0 Å². The molecule has 1 rings (SSSR count). The van der Waals surface area contributed by atoms with E-state index in [1.54, 1.807) is 0 Å². The van der Waals surface area contributed by atoms with Gasteiger partial charge in [0.2, 0.25) is 5.91 Å². The van der Waals surface area contributed by atoms with E-state index >= 15 is 0 Å². The van der Waals surface area contributed by atoms with Gasteiger partial charge in [0.25, 0.3) is 0 Å². The van der Waals surface area contributed by atoms with Gasteiger partial charge in [-0.2, -0.15) is 0 Å². The quantitative estimate of drug-likeness (QED) is 0.759. The van der Waals surface area contributed by atoms with Crippen LogP contribution in [-0.4, -0.2) is 25.1 Å². The summed E-state index contributed by atoms with van der Waals surface area (Å²) < 4.78 is 5.60. The van der Waals surface area contributed by atoms with Gasteiger partial charge in [0.1, 0.15) is 5.75 Å². The van der Waals surface area contributed by atoms with Crippen molar-refractivity contribution in [2.75, 3.05) is 18.5 Å². The first-order chi connectivity index (χ1) is 9.17. The molecule has 1 amide bonds. The Labute approximate surface area is 115 Å². The van der Waals surface area contributed by atoms with Crippen LogP contribution in [0.4, 0.5) is 5.69 Å². The molecule has 0 aromatic heterocycles. The van der Waals surface area contributed by atoms with E-state index in [4.69, 9.17) is 4.74 Å². The molecule has 0 saturated carbocycles. The second-order valence-corrected chi connectivity index (χ2v) is 4.58. The van der Waals surface area contributed by atoms with E-state index in [2.05, 4.69) is 31.4 Å². The number of benzene rings is 1. The number of anilines is 1. The molecular weight excluding hydrogens is 240 g/mol. The number of ether oxygens (including phenoxy) is 1. The van der Waals surface area contributed by atoms with Crippen molar-refractivity contribution in [3.8, 4) is 5.75 Å². The third-order valence-electron chi connectivity index (χ3n) is 2.85. The molecular formula is C15H24N2O2. The molecule has 0 spiro atoms. The van der Waals surface area contributed by atoms with Crippen molar-refractivity contribution in [1.29, 1.82) is 0 Å². The lowest BCUT2D eigenvalue weighted by Crippen LogP contribution is -2.34. The van der Waals surface area contributed by atoms with Crippen LogP contribution in [0.1, 0.15) is 33.6 Å². The summed E-state index contributed by atoms with van der Waals surface area (Å²) in [6.07, 6.45) is 1.95. The summed E-state index contributed by atoms with van der Waals surface area (Å²) in [4.78, 5) is 11.8. The van der Waals surface area contributed by atoms with Crippen LogP contribution in [-0.2, 0) is 4.79 Å². The van der Waals surface area contributed by atoms with Crippen LogP contribution in [0.15, 0.2) is 24.3 Å². The number of carbonyl (C=O) groups is 1. The van der Waals surface area contributed by atoms with Crippen molar-refractivity contribution < 1.29 is 9.53 Å². The van der Waals surface area contributed by atoms with Gasteiger partial charge in [-0.25, -0.2) is 0 Å². The first-order valence-electron chi connectivity index (χ1n) is 6.92. The van der Waals surface area contributed by atoms with Gasteiger partial charge in [-0.1, -0.05) is 26.0 Å². The normalized spacial score (nSPS) is 11.9. The highest BCUT2D eigenvalue weighted by atomic mass is 16.5. The summed E-state index contributed by atoms with van der Waals surface area (Å²) >= 11 is 0. The number of para-hydroxylation sites is 2. The highest BCUT2D eigenvalue weighted by molar-refractivity contribution is 5.93. The summed E-state index contributed by atoms with van der Waals surface area (Å²) in [7, 11) is 0. The molecule has 4 heteroatoms. The Kier molecular flexibility index (Phi) is 6.97. The van der Waals surface area contributed by atoms with Crippen LogP contribution in [0.3, 0.4) is 0 Å². The summed E-state index contributed by atoms with van der Waals surface area (Å²) in [5, 5.41) is 6.03. The molecule has 0 bridgehead atoms. The van der Waals surface area contributed by atoms with Crippen LogP contribution in [0.5, 0.6) is 5.75 Å². The van der Waals surface area contributed by atoms with Crippen molar-refractivity contribution in [3.63, 3.8) is 0 Å². The van der Waals surface area contributed by atoms with E-state index in [0.717, 1.165) is 24.3 Å². The number of carbonyl (C=O) groups excluding carboxylic acids is 1. The number of amides is 1. The zero-order valence-corrected chi connectivity index (χ0v) is 12.0. The first-order valence-corrected chi connectivity index (χ1v) is 6.92. The van der Waals surface area contributed by atoms with Gasteiger partial charge in [-0.3, -0.25) is 4.79 Å². The summed E-state index contributed by atoms with van der Waals surface area (Å²) in [5.41, 5.74) is 0.729. The Morgan fingerprint density at radius 2 is 2.05 bits per heavy atom. The maximum atomic E-state index is 11.8. The molecule has 1 atom stereocenters. The fourth-order valence-corrected chi connectivity index (χ4v) is 1.51. The SMILES string of the molecule is CCCOc1ccccc1NC(=O)CNC(C)CC. The smallest absolute Gasteiger partial charge is 0.238 e. The molecule has 0 aliphatic rings. The summed E-state index contributed by atoms with van der Waals surface area (Å²) in [6.45, 7) is 7.17. The lowest BCUT2D eigenvalue weighted by molar-refractivity contribution is -0.115. The van der Waals surface area contributed by atoms with Crippen molar-refractivity contribution >= 4 is 11.6 Å². The number of hydrogen-bond acceptors (Lipinski definition) is 3.